The maximum Gasteiger partial charge on any atom is 0.0715 e. The highest BCUT2D eigenvalue weighted by molar-refractivity contribution is 5.86. The molecule has 0 aromatic heterocycles. The molecule has 0 atom stereocenters. The van der Waals surface area contributed by atoms with Crippen molar-refractivity contribution in [1.82, 2.24) is 0 Å². The Morgan fingerprint density at radius 2 is 1.20 bits per heavy atom. The Bertz CT molecular complexity index is 626. The smallest absolute Gasteiger partial charge is 0.0715 e. The van der Waals surface area contributed by atoms with Crippen molar-refractivity contribution >= 4 is 5.97 Å². The van der Waals surface area contributed by atoms with Gasteiger partial charge in [0.2, 0.25) is 0 Å². The molecule has 0 saturated carbocycles. The van der Waals surface area contributed by atoms with E-state index in [0.29, 0.717) is 0 Å². The highest BCUT2D eigenvalue weighted by Gasteiger charge is 2.00. The minimum Gasteiger partial charge on any atom is -0.545 e. The van der Waals surface area contributed by atoms with Gasteiger partial charge in [0.05, 0.1) is 5.97 Å². The zero-order valence-corrected chi connectivity index (χ0v) is 15.3. The summed E-state index contributed by atoms with van der Waals surface area (Å²) in [6.45, 7) is 2.26. The van der Waals surface area contributed by atoms with Crippen LogP contribution in [0.2, 0.25) is 0 Å². The predicted molar refractivity (Wildman–Crippen MR) is 103 cm³/mol. The monoisotopic (exact) mass is 337 g/mol. The number of hydrogen-bond acceptors (Lipinski definition) is 2. The Balaban J connectivity index is 1.73. The van der Waals surface area contributed by atoms with Gasteiger partial charge in [0, 0.05) is 0 Å². The Labute approximate surface area is 151 Å². The van der Waals surface area contributed by atoms with Gasteiger partial charge in [0.25, 0.3) is 0 Å². The lowest BCUT2D eigenvalue weighted by molar-refractivity contribution is -0.255. The molecule has 25 heavy (non-hydrogen) atoms. The van der Waals surface area contributed by atoms with Crippen molar-refractivity contribution in [2.75, 3.05) is 0 Å². The van der Waals surface area contributed by atoms with Crippen LogP contribution in [0.4, 0.5) is 0 Å². The number of unbranched alkanes of at least 4 members (excludes halogenated alkanes) is 7. The number of aromatic carboxylic acids is 1. The lowest BCUT2D eigenvalue weighted by Crippen LogP contribution is -2.21. The number of carbonyl (C=O) groups is 1. The molecule has 0 aliphatic heterocycles. The van der Waals surface area contributed by atoms with Crippen LogP contribution >= 0.6 is 0 Å². The minimum atomic E-state index is -1.13. The van der Waals surface area contributed by atoms with Gasteiger partial charge in [-0.2, -0.15) is 0 Å². The second-order valence-corrected chi connectivity index (χ2v) is 6.79. The summed E-state index contributed by atoms with van der Waals surface area (Å²) in [5, 5.41) is 10.8. The molecule has 2 nitrogen and oxygen atoms in total. The zero-order chi connectivity index (χ0) is 17.9. The number of aryl methyl sites for hydroxylation is 1. The van der Waals surface area contributed by atoms with Gasteiger partial charge in [-0.05, 0) is 35.1 Å². The fraction of sp³-hybridized carbons (Fsp3) is 0.435. The van der Waals surface area contributed by atoms with Gasteiger partial charge >= 0.3 is 0 Å². The van der Waals surface area contributed by atoms with Crippen LogP contribution in [-0.4, -0.2) is 5.97 Å². The first kappa shape index (κ1) is 19.2. The van der Waals surface area contributed by atoms with Gasteiger partial charge < -0.3 is 9.90 Å². The van der Waals surface area contributed by atoms with Crippen molar-refractivity contribution in [2.45, 2.75) is 64.7 Å². The van der Waals surface area contributed by atoms with E-state index in [1.807, 2.05) is 12.1 Å². The SMILES string of the molecule is CCCCCCCCCCc1ccc(-c2ccc(C(=O)[O-])cc2)cc1. The molecule has 2 aromatic rings. The molecule has 0 amide bonds. The molecule has 0 aliphatic carbocycles. The molecule has 134 valence electrons. The molecule has 0 heterocycles. The Morgan fingerprint density at radius 1 is 0.720 bits per heavy atom. The predicted octanol–water partition coefficient (Wildman–Crippen LogP) is 5.40. The first-order chi connectivity index (χ1) is 12.2. The van der Waals surface area contributed by atoms with Crippen molar-refractivity contribution < 1.29 is 9.90 Å². The summed E-state index contributed by atoms with van der Waals surface area (Å²) in [7, 11) is 0. The van der Waals surface area contributed by atoms with Crippen molar-refractivity contribution in [3.05, 3.63) is 59.7 Å². The van der Waals surface area contributed by atoms with E-state index < -0.39 is 5.97 Å². The average molecular weight is 337 g/mol. The normalized spacial score (nSPS) is 10.8. The maximum atomic E-state index is 10.8. The third-order valence-electron chi connectivity index (χ3n) is 4.73. The highest BCUT2D eigenvalue weighted by atomic mass is 16.4. The number of rotatable bonds is 11. The molecule has 0 saturated heterocycles. The number of carboxylic acid groups (broad SMARTS) is 1. The first-order valence-electron chi connectivity index (χ1n) is 9.61. The van der Waals surface area contributed by atoms with Crippen molar-refractivity contribution in [3.8, 4) is 11.1 Å². The molecule has 2 heteroatoms. The van der Waals surface area contributed by atoms with Crippen LogP contribution in [0.5, 0.6) is 0 Å². The molecule has 0 radical (unpaired) electrons. The van der Waals surface area contributed by atoms with Crippen LogP contribution in [0.25, 0.3) is 11.1 Å². The van der Waals surface area contributed by atoms with Crippen LogP contribution < -0.4 is 5.11 Å². The molecule has 0 unspecified atom stereocenters. The van der Waals surface area contributed by atoms with Crippen LogP contribution in [0.1, 0.15) is 74.2 Å². The van der Waals surface area contributed by atoms with E-state index in [1.54, 1.807) is 12.1 Å². The van der Waals surface area contributed by atoms with Gasteiger partial charge in [-0.25, -0.2) is 0 Å². The van der Waals surface area contributed by atoms with E-state index in [2.05, 4.69) is 31.2 Å². The molecule has 0 spiro atoms. The minimum absolute atomic E-state index is 0.218. The van der Waals surface area contributed by atoms with E-state index in [0.717, 1.165) is 17.5 Å². The summed E-state index contributed by atoms with van der Waals surface area (Å²) >= 11 is 0. The van der Waals surface area contributed by atoms with E-state index in [1.165, 1.54) is 56.9 Å². The van der Waals surface area contributed by atoms with E-state index in [4.69, 9.17) is 0 Å². The van der Waals surface area contributed by atoms with E-state index >= 15 is 0 Å². The van der Waals surface area contributed by atoms with Crippen LogP contribution in [0, 0.1) is 0 Å². The van der Waals surface area contributed by atoms with E-state index in [9.17, 15) is 9.90 Å². The summed E-state index contributed by atoms with van der Waals surface area (Å²) in [6.07, 6.45) is 11.9. The molecule has 0 N–H and O–H groups in total. The summed E-state index contributed by atoms with van der Waals surface area (Å²) < 4.78 is 0. The average Bonchev–Trinajstić information content (AvgIpc) is 2.64. The zero-order valence-electron chi connectivity index (χ0n) is 15.3. The number of benzene rings is 2. The quantitative estimate of drug-likeness (QED) is 0.515. The number of hydrogen-bond donors (Lipinski definition) is 0. The van der Waals surface area contributed by atoms with Crippen molar-refractivity contribution in [3.63, 3.8) is 0 Å². The standard InChI is InChI=1S/C23H30O2/c1-2-3-4-5-6-7-8-9-10-19-11-13-20(14-12-19)21-15-17-22(18-16-21)23(24)25/h11-18H,2-10H2,1H3,(H,24,25)/p-1. The molecule has 0 bridgehead atoms. The Kier molecular flexibility index (Phi) is 8.24. The summed E-state index contributed by atoms with van der Waals surface area (Å²) in [6, 6.07) is 15.5. The Morgan fingerprint density at radius 3 is 1.72 bits per heavy atom. The lowest BCUT2D eigenvalue weighted by Gasteiger charge is -2.07. The highest BCUT2D eigenvalue weighted by Crippen LogP contribution is 2.21. The molecular formula is C23H29O2-. The molecule has 0 fully saturated rings. The fourth-order valence-corrected chi connectivity index (χ4v) is 3.13. The van der Waals surface area contributed by atoms with E-state index in [-0.39, 0.29) is 5.56 Å². The van der Waals surface area contributed by atoms with Gasteiger partial charge in [-0.3, -0.25) is 0 Å². The largest absolute Gasteiger partial charge is 0.545 e. The van der Waals surface area contributed by atoms with Crippen molar-refractivity contribution in [1.29, 1.82) is 0 Å². The van der Waals surface area contributed by atoms with Crippen molar-refractivity contribution in [2.24, 2.45) is 0 Å². The number of carbonyl (C=O) groups excluding carboxylic acids is 1. The third-order valence-corrected chi connectivity index (χ3v) is 4.73. The summed E-state index contributed by atoms with van der Waals surface area (Å²) in [4.78, 5) is 10.8. The molecule has 0 aliphatic rings. The fourth-order valence-electron chi connectivity index (χ4n) is 3.13. The lowest BCUT2D eigenvalue weighted by atomic mass is 10.00. The van der Waals surface area contributed by atoms with Crippen LogP contribution in [0.3, 0.4) is 0 Å². The van der Waals surface area contributed by atoms with Gasteiger partial charge in [0.1, 0.15) is 0 Å². The second-order valence-electron chi connectivity index (χ2n) is 6.79. The van der Waals surface area contributed by atoms with Gasteiger partial charge in [-0.1, -0.05) is 100 Å². The van der Waals surface area contributed by atoms with Crippen LogP contribution in [0.15, 0.2) is 48.5 Å². The Hall–Kier alpha value is -2.09. The molecular weight excluding hydrogens is 308 g/mol. The first-order valence-corrected chi connectivity index (χ1v) is 9.61. The van der Waals surface area contributed by atoms with Gasteiger partial charge in [0.15, 0.2) is 0 Å². The van der Waals surface area contributed by atoms with Crippen LogP contribution in [-0.2, 0) is 6.42 Å². The summed E-state index contributed by atoms with van der Waals surface area (Å²) in [5.74, 6) is -1.13. The van der Waals surface area contributed by atoms with Gasteiger partial charge in [-0.15, -0.1) is 0 Å². The maximum absolute atomic E-state index is 10.8. The summed E-state index contributed by atoms with van der Waals surface area (Å²) in [5.41, 5.74) is 3.74. The second kappa shape index (κ2) is 10.7. The topological polar surface area (TPSA) is 40.1 Å². The number of carboxylic acids is 1. The third kappa shape index (κ3) is 6.74. The molecule has 2 aromatic carbocycles. The molecule has 2 rings (SSSR count).